The lowest BCUT2D eigenvalue weighted by Crippen LogP contribution is -2.62. The van der Waals surface area contributed by atoms with Gasteiger partial charge in [0.05, 0.1) is 25.9 Å². The number of para-hydroxylation sites is 1. The summed E-state index contributed by atoms with van der Waals surface area (Å²) in [7, 11) is 8.12. The average Bonchev–Trinajstić information content (AvgIpc) is 3.88. The van der Waals surface area contributed by atoms with Gasteiger partial charge in [-0.15, -0.1) is 0 Å². The molecule has 10 atom stereocenters. The van der Waals surface area contributed by atoms with Crippen molar-refractivity contribution in [3.63, 3.8) is 0 Å². The molecule has 11 nitrogen and oxygen atoms in total. The maximum absolute atomic E-state index is 14.4. The Morgan fingerprint density at radius 1 is 1.09 bits per heavy atom. The summed E-state index contributed by atoms with van der Waals surface area (Å²) in [6.45, 7) is 16.6. The van der Waals surface area contributed by atoms with Crippen molar-refractivity contribution in [2.75, 3.05) is 52.8 Å². The van der Waals surface area contributed by atoms with E-state index in [4.69, 9.17) is 9.57 Å². The van der Waals surface area contributed by atoms with Crippen LogP contribution in [0.5, 0.6) is 5.75 Å². The first-order valence-electron chi connectivity index (χ1n) is 21.5. The highest BCUT2D eigenvalue weighted by atomic mass is 16.7. The number of benzene rings is 2. The number of nitrogens with zero attached hydrogens (tertiary/aromatic N) is 3. The van der Waals surface area contributed by atoms with Crippen LogP contribution in [0.25, 0.3) is 11.1 Å². The highest BCUT2D eigenvalue weighted by Crippen LogP contribution is 2.61. The third-order valence-corrected chi connectivity index (χ3v) is 13.6. The maximum atomic E-state index is 14.4. The molecule has 2 bridgehead atoms. The molecule has 1 amide bonds. The molecule has 5 fully saturated rings. The number of aliphatic hydroxyl groups excluding tert-OH is 3. The van der Waals surface area contributed by atoms with E-state index in [9.17, 15) is 20.1 Å². The quantitative estimate of drug-likeness (QED) is 0.125. The molecule has 1 heterocycles. The Morgan fingerprint density at radius 2 is 1.81 bits per heavy atom. The molecule has 0 aromatic heterocycles. The summed E-state index contributed by atoms with van der Waals surface area (Å²) in [6, 6.07) is 11.6. The summed E-state index contributed by atoms with van der Waals surface area (Å²) in [5.41, 5.74) is 4.71. The Hall–Kier alpha value is -2.77. The number of hydrogen-bond donors (Lipinski definition) is 5. The zero-order valence-electron chi connectivity index (χ0n) is 36.6. The normalized spacial score (nSPS) is 28.8. The molecule has 0 spiro atoms. The second-order valence-electron chi connectivity index (χ2n) is 20.3. The highest BCUT2D eigenvalue weighted by Gasteiger charge is 2.57. The summed E-state index contributed by atoms with van der Waals surface area (Å²) < 4.78 is 6.74. The first-order valence-corrected chi connectivity index (χ1v) is 21.5. The van der Waals surface area contributed by atoms with E-state index in [0.29, 0.717) is 36.0 Å². The van der Waals surface area contributed by atoms with Crippen molar-refractivity contribution in [1.29, 1.82) is 0 Å². The van der Waals surface area contributed by atoms with Gasteiger partial charge in [-0.3, -0.25) is 14.9 Å². The number of carbonyl (C=O) groups is 1. The van der Waals surface area contributed by atoms with Gasteiger partial charge in [-0.05, 0) is 117 Å². The van der Waals surface area contributed by atoms with Crippen molar-refractivity contribution in [3.8, 4) is 16.9 Å². The van der Waals surface area contributed by atoms with E-state index in [0.717, 1.165) is 60.2 Å². The van der Waals surface area contributed by atoms with E-state index in [1.807, 2.05) is 43.3 Å². The molecular formula is C46H73N5O6. The molecule has 5 N–H and O–H groups in total. The number of hydroxylamine groups is 2. The van der Waals surface area contributed by atoms with Crippen molar-refractivity contribution in [2.24, 2.45) is 40.4 Å². The summed E-state index contributed by atoms with van der Waals surface area (Å²) in [5, 5.41) is 41.9. The van der Waals surface area contributed by atoms with Crippen LogP contribution in [-0.2, 0) is 16.2 Å². The highest BCUT2D eigenvalue weighted by molar-refractivity contribution is 5.83. The SMILES string of the molecule is C[C@@H]1[C@@H](NC(=O)[C@@H]2[C@H]([C@H](C)O)[C@H](CO)ON2Cc2cccc(-c3cc(C(O)N[C@H](CN(C)C)CC(C)(C)C)cc(N(C)C)c3)c2OCC2CC2)C[C@H]2C[C@@H]1C2(C)C. The molecule has 318 valence electrons. The number of amides is 1. The third-order valence-electron chi connectivity index (χ3n) is 13.6. The molecule has 4 saturated carbocycles. The van der Waals surface area contributed by atoms with Crippen LogP contribution in [0.15, 0.2) is 36.4 Å². The minimum atomic E-state index is -0.899. The van der Waals surface area contributed by atoms with Crippen LogP contribution < -0.4 is 20.3 Å². The Kier molecular flexibility index (Phi) is 13.4. The third kappa shape index (κ3) is 9.99. The second-order valence-corrected chi connectivity index (χ2v) is 20.3. The maximum Gasteiger partial charge on any atom is 0.240 e. The van der Waals surface area contributed by atoms with Gasteiger partial charge in [0.1, 0.15) is 24.1 Å². The number of rotatable bonds is 17. The smallest absolute Gasteiger partial charge is 0.240 e. The molecule has 11 heteroatoms. The molecule has 1 unspecified atom stereocenters. The summed E-state index contributed by atoms with van der Waals surface area (Å²) in [5.74, 6) is 1.89. The van der Waals surface area contributed by atoms with Crippen molar-refractivity contribution >= 4 is 11.6 Å². The average molecular weight is 792 g/mol. The zero-order valence-corrected chi connectivity index (χ0v) is 36.6. The lowest BCUT2D eigenvalue weighted by molar-refractivity contribution is -0.183. The zero-order chi connectivity index (χ0) is 41.6. The molecule has 2 aromatic carbocycles. The largest absolute Gasteiger partial charge is 0.492 e. The van der Waals surface area contributed by atoms with E-state index in [1.165, 1.54) is 6.42 Å². The monoisotopic (exact) mass is 792 g/mol. The van der Waals surface area contributed by atoms with Crippen LogP contribution in [-0.4, -0.2) is 109 Å². The first kappa shape index (κ1) is 43.8. The summed E-state index contributed by atoms with van der Waals surface area (Å²) >= 11 is 0. The van der Waals surface area contributed by atoms with Gasteiger partial charge in [0.25, 0.3) is 0 Å². The van der Waals surface area contributed by atoms with Gasteiger partial charge in [0.15, 0.2) is 0 Å². The molecule has 0 radical (unpaired) electrons. The predicted molar refractivity (Wildman–Crippen MR) is 226 cm³/mol. The molecule has 4 aliphatic carbocycles. The van der Waals surface area contributed by atoms with Crippen molar-refractivity contribution in [3.05, 3.63) is 47.5 Å². The van der Waals surface area contributed by atoms with Gasteiger partial charge in [0.2, 0.25) is 5.91 Å². The Balaban J connectivity index is 1.33. The number of likely N-dealkylation sites (N-methyl/N-ethyl adjacent to an activating group) is 1. The summed E-state index contributed by atoms with van der Waals surface area (Å²) in [4.78, 5) is 25.0. The number of aliphatic hydroxyl groups is 3. The van der Waals surface area contributed by atoms with Crippen LogP contribution >= 0.6 is 0 Å². The molecular weight excluding hydrogens is 719 g/mol. The molecule has 57 heavy (non-hydrogen) atoms. The standard InChI is InChI=1S/C46H73N5O6/c1-27-37-20-33(46(37,6)7)21-38(27)48-44(55)41-40(28(2)53)39(25-52)57-51(41)23-30-13-12-14-36(42(30)56-26-29-15-16-29)31-17-32(19-35(18-31)50(10)11)43(54)47-34(24-49(8)9)22-45(3,4)5/h12-14,17-19,27-29,33-34,37-41,43,47,52-54H,15-16,20-26H2,1-11H3,(H,48,55)/t27-,28-,33+,34-,37-,38-,39-,40+,41-,43?/m0/s1. The number of anilines is 1. The van der Waals surface area contributed by atoms with E-state index in [2.05, 4.69) is 83.3 Å². The second kappa shape index (κ2) is 17.4. The van der Waals surface area contributed by atoms with Crippen LogP contribution in [0, 0.1) is 40.4 Å². The number of ether oxygens (including phenoxy) is 1. The molecule has 1 aliphatic heterocycles. The number of hydrogen-bond acceptors (Lipinski definition) is 10. The van der Waals surface area contributed by atoms with Crippen LogP contribution in [0.4, 0.5) is 5.69 Å². The van der Waals surface area contributed by atoms with Gasteiger partial charge >= 0.3 is 0 Å². The topological polar surface area (TPSA) is 130 Å². The predicted octanol–water partition coefficient (Wildman–Crippen LogP) is 5.82. The van der Waals surface area contributed by atoms with E-state index >= 15 is 0 Å². The molecule has 7 rings (SSSR count). The van der Waals surface area contributed by atoms with Crippen LogP contribution in [0.1, 0.15) is 97.9 Å². The van der Waals surface area contributed by atoms with Crippen molar-refractivity contribution < 1.29 is 29.7 Å². The Bertz CT molecular complexity index is 1690. The van der Waals surface area contributed by atoms with Crippen LogP contribution in [0.3, 0.4) is 0 Å². The Labute approximate surface area is 342 Å². The van der Waals surface area contributed by atoms with Crippen LogP contribution in [0.2, 0.25) is 0 Å². The lowest BCUT2D eigenvalue weighted by Gasteiger charge is -2.62. The number of fused-ring (bicyclic) bond motifs is 2. The van der Waals surface area contributed by atoms with Gasteiger partial charge < -0.3 is 35.2 Å². The molecule has 1 saturated heterocycles. The van der Waals surface area contributed by atoms with Gasteiger partial charge in [-0.25, -0.2) is 0 Å². The minimum Gasteiger partial charge on any atom is -0.492 e. The molecule has 5 aliphatic rings. The fraction of sp³-hybridized carbons (Fsp3) is 0.717. The fourth-order valence-corrected chi connectivity index (χ4v) is 10.1. The first-order chi connectivity index (χ1) is 26.8. The van der Waals surface area contributed by atoms with Gasteiger partial charge in [0, 0.05) is 55.5 Å². The van der Waals surface area contributed by atoms with Crippen molar-refractivity contribution in [1.82, 2.24) is 20.6 Å². The molecule has 2 aromatic rings. The van der Waals surface area contributed by atoms with E-state index < -0.39 is 30.4 Å². The summed E-state index contributed by atoms with van der Waals surface area (Å²) in [6.07, 6.45) is 2.79. The van der Waals surface area contributed by atoms with E-state index in [-0.39, 0.29) is 42.0 Å². The van der Waals surface area contributed by atoms with Gasteiger partial charge in [-0.1, -0.05) is 59.7 Å². The van der Waals surface area contributed by atoms with Gasteiger partial charge in [-0.2, -0.15) is 5.06 Å². The number of nitrogens with one attached hydrogen (secondary N) is 2. The minimum absolute atomic E-state index is 0.0503. The fourth-order valence-electron chi connectivity index (χ4n) is 10.1. The van der Waals surface area contributed by atoms with Crippen molar-refractivity contribution in [2.45, 2.75) is 124 Å². The lowest BCUT2D eigenvalue weighted by atomic mass is 9.45. The van der Waals surface area contributed by atoms with E-state index in [1.54, 1.807) is 12.0 Å². The number of carbonyl (C=O) groups excluding carboxylic acids is 1. The Morgan fingerprint density at radius 3 is 2.39 bits per heavy atom.